The van der Waals surface area contributed by atoms with E-state index in [4.69, 9.17) is 4.74 Å². The maximum absolute atomic E-state index is 5.62. The lowest BCUT2D eigenvalue weighted by atomic mass is 9.82. The molecule has 0 aromatic carbocycles. The Morgan fingerprint density at radius 3 is 2.94 bits per heavy atom. The smallest absolute Gasteiger partial charge is 0.0631 e. The number of aryl methyl sites for hydroxylation is 1. The van der Waals surface area contributed by atoms with E-state index in [9.17, 15) is 0 Å². The molecule has 1 N–H and O–H groups in total. The van der Waals surface area contributed by atoms with Gasteiger partial charge in [0.1, 0.15) is 0 Å². The highest BCUT2D eigenvalue weighted by Crippen LogP contribution is 2.31. The SMILES string of the molecule is CC(C)CNCC1(Cc2ccn(C)n2)CCOC1. The third-order valence-corrected chi connectivity index (χ3v) is 3.56. The molecule has 1 aliphatic rings. The molecule has 1 aliphatic heterocycles. The minimum Gasteiger partial charge on any atom is -0.381 e. The molecule has 1 aromatic heterocycles. The first-order valence-electron chi connectivity index (χ1n) is 6.87. The zero-order valence-electron chi connectivity index (χ0n) is 11.8. The predicted molar refractivity (Wildman–Crippen MR) is 72.5 cm³/mol. The number of aromatic nitrogens is 2. The van der Waals surface area contributed by atoms with Crippen LogP contribution in [0.5, 0.6) is 0 Å². The van der Waals surface area contributed by atoms with E-state index in [2.05, 4.69) is 30.3 Å². The molecule has 1 atom stereocenters. The number of nitrogens with zero attached hydrogens (tertiary/aromatic N) is 2. The Labute approximate surface area is 110 Å². The van der Waals surface area contributed by atoms with Crippen LogP contribution >= 0.6 is 0 Å². The molecule has 0 saturated carbocycles. The summed E-state index contributed by atoms with van der Waals surface area (Å²) in [7, 11) is 1.97. The maximum atomic E-state index is 5.62. The summed E-state index contributed by atoms with van der Waals surface area (Å²) in [5.41, 5.74) is 1.41. The molecule has 1 saturated heterocycles. The monoisotopic (exact) mass is 251 g/mol. The van der Waals surface area contributed by atoms with Crippen LogP contribution in [-0.4, -0.2) is 36.1 Å². The van der Waals surface area contributed by atoms with Crippen molar-refractivity contribution in [1.29, 1.82) is 0 Å². The second-order valence-electron chi connectivity index (χ2n) is 5.98. The lowest BCUT2D eigenvalue weighted by molar-refractivity contribution is 0.148. The van der Waals surface area contributed by atoms with E-state index < -0.39 is 0 Å². The van der Waals surface area contributed by atoms with Gasteiger partial charge in [0.2, 0.25) is 0 Å². The van der Waals surface area contributed by atoms with E-state index >= 15 is 0 Å². The van der Waals surface area contributed by atoms with Crippen LogP contribution in [0.15, 0.2) is 12.3 Å². The number of nitrogens with one attached hydrogen (secondary N) is 1. The molecule has 0 spiro atoms. The highest BCUT2D eigenvalue weighted by atomic mass is 16.5. The first kappa shape index (κ1) is 13.6. The molecule has 18 heavy (non-hydrogen) atoms. The molecule has 1 aromatic rings. The fourth-order valence-electron chi connectivity index (χ4n) is 2.56. The Hall–Kier alpha value is -0.870. The first-order valence-corrected chi connectivity index (χ1v) is 6.87. The lowest BCUT2D eigenvalue weighted by Crippen LogP contribution is -2.38. The second kappa shape index (κ2) is 5.85. The Kier molecular flexibility index (Phi) is 4.40. The van der Waals surface area contributed by atoms with E-state index in [1.807, 2.05) is 17.9 Å². The molecule has 1 fully saturated rings. The third-order valence-electron chi connectivity index (χ3n) is 3.56. The quantitative estimate of drug-likeness (QED) is 0.835. The molecule has 0 aliphatic carbocycles. The summed E-state index contributed by atoms with van der Waals surface area (Å²) in [5, 5.41) is 8.08. The Balaban J connectivity index is 1.93. The van der Waals surface area contributed by atoms with Crippen molar-refractivity contribution in [2.24, 2.45) is 18.4 Å². The number of rotatable bonds is 6. The largest absolute Gasteiger partial charge is 0.381 e. The Morgan fingerprint density at radius 1 is 1.56 bits per heavy atom. The van der Waals surface area contributed by atoms with Gasteiger partial charge in [-0.3, -0.25) is 4.68 Å². The van der Waals surface area contributed by atoms with Gasteiger partial charge in [0, 0.05) is 38.2 Å². The third kappa shape index (κ3) is 3.56. The van der Waals surface area contributed by atoms with E-state index in [1.54, 1.807) is 0 Å². The molecular weight excluding hydrogens is 226 g/mol. The van der Waals surface area contributed by atoms with Crippen LogP contribution in [0.25, 0.3) is 0 Å². The summed E-state index contributed by atoms with van der Waals surface area (Å²) in [6.45, 7) is 8.32. The van der Waals surface area contributed by atoms with Gasteiger partial charge in [-0.25, -0.2) is 0 Å². The highest BCUT2D eigenvalue weighted by molar-refractivity contribution is 5.05. The van der Waals surface area contributed by atoms with E-state index in [0.717, 1.165) is 39.1 Å². The zero-order valence-corrected chi connectivity index (χ0v) is 11.8. The Bertz CT molecular complexity index is 367. The van der Waals surface area contributed by atoms with Gasteiger partial charge in [0.15, 0.2) is 0 Å². The van der Waals surface area contributed by atoms with E-state index in [0.29, 0.717) is 5.92 Å². The maximum Gasteiger partial charge on any atom is 0.0631 e. The van der Waals surface area contributed by atoms with Crippen molar-refractivity contribution in [2.75, 3.05) is 26.3 Å². The molecule has 4 heteroatoms. The van der Waals surface area contributed by atoms with Gasteiger partial charge < -0.3 is 10.1 Å². The van der Waals surface area contributed by atoms with Gasteiger partial charge in [0.25, 0.3) is 0 Å². The molecule has 0 amide bonds. The molecule has 2 heterocycles. The standard InChI is InChI=1S/C14H25N3O/c1-12(2)9-15-10-14(5-7-18-11-14)8-13-4-6-17(3)16-13/h4,6,12,15H,5,7-11H2,1-3H3. The van der Waals surface area contributed by atoms with Gasteiger partial charge in [-0.05, 0) is 24.9 Å². The Morgan fingerprint density at radius 2 is 2.39 bits per heavy atom. The normalized spacial score (nSPS) is 24.0. The molecule has 102 valence electrons. The van der Waals surface area contributed by atoms with Gasteiger partial charge >= 0.3 is 0 Å². The summed E-state index contributed by atoms with van der Waals surface area (Å²) in [4.78, 5) is 0. The van der Waals surface area contributed by atoms with Crippen molar-refractivity contribution in [1.82, 2.24) is 15.1 Å². The summed E-state index contributed by atoms with van der Waals surface area (Å²) in [6.07, 6.45) is 4.16. The zero-order chi connectivity index (χ0) is 13.0. The van der Waals surface area contributed by atoms with Crippen molar-refractivity contribution < 1.29 is 4.74 Å². The summed E-state index contributed by atoms with van der Waals surface area (Å²) in [6, 6.07) is 2.11. The van der Waals surface area contributed by atoms with Crippen molar-refractivity contribution in [2.45, 2.75) is 26.7 Å². The predicted octanol–water partition coefficient (Wildman–Crippen LogP) is 1.61. The fraction of sp³-hybridized carbons (Fsp3) is 0.786. The highest BCUT2D eigenvalue weighted by Gasteiger charge is 2.35. The molecule has 4 nitrogen and oxygen atoms in total. The lowest BCUT2D eigenvalue weighted by Gasteiger charge is -2.27. The first-order chi connectivity index (χ1) is 8.60. The molecule has 0 bridgehead atoms. The molecular formula is C14H25N3O. The van der Waals surface area contributed by atoms with Crippen LogP contribution in [-0.2, 0) is 18.2 Å². The van der Waals surface area contributed by atoms with Crippen LogP contribution in [0.3, 0.4) is 0 Å². The molecule has 2 rings (SSSR count). The van der Waals surface area contributed by atoms with Crippen molar-refractivity contribution in [3.05, 3.63) is 18.0 Å². The number of hydrogen-bond donors (Lipinski definition) is 1. The van der Waals surface area contributed by atoms with E-state index in [-0.39, 0.29) is 5.41 Å². The van der Waals surface area contributed by atoms with Gasteiger partial charge in [-0.1, -0.05) is 13.8 Å². The van der Waals surface area contributed by atoms with Crippen LogP contribution in [0, 0.1) is 11.3 Å². The van der Waals surface area contributed by atoms with Crippen molar-refractivity contribution in [3.63, 3.8) is 0 Å². The topological polar surface area (TPSA) is 39.1 Å². The molecule has 1 unspecified atom stereocenters. The minimum absolute atomic E-state index is 0.239. The average Bonchev–Trinajstić information content (AvgIpc) is 2.89. The van der Waals surface area contributed by atoms with Crippen molar-refractivity contribution >= 4 is 0 Å². The van der Waals surface area contributed by atoms with Crippen LogP contribution in [0.4, 0.5) is 0 Å². The number of ether oxygens (including phenoxy) is 1. The van der Waals surface area contributed by atoms with Crippen molar-refractivity contribution in [3.8, 4) is 0 Å². The van der Waals surface area contributed by atoms with Crippen LogP contribution < -0.4 is 5.32 Å². The summed E-state index contributed by atoms with van der Waals surface area (Å²) in [5.74, 6) is 0.694. The average molecular weight is 251 g/mol. The number of hydrogen-bond acceptors (Lipinski definition) is 3. The van der Waals surface area contributed by atoms with Gasteiger partial charge in [-0.2, -0.15) is 5.10 Å². The van der Waals surface area contributed by atoms with Crippen LogP contribution in [0.2, 0.25) is 0 Å². The van der Waals surface area contributed by atoms with Gasteiger partial charge in [-0.15, -0.1) is 0 Å². The van der Waals surface area contributed by atoms with Gasteiger partial charge in [0.05, 0.1) is 12.3 Å². The van der Waals surface area contributed by atoms with E-state index in [1.165, 1.54) is 5.69 Å². The molecule has 0 radical (unpaired) electrons. The van der Waals surface area contributed by atoms with Crippen LogP contribution in [0.1, 0.15) is 26.0 Å². The summed E-state index contributed by atoms with van der Waals surface area (Å²) < 4.78 is 7.50. The second-order valence-corrected chi connectivity index (χ2v) is 5.98. The fourth-order valence-corrected chi connectivity index (χ4v) is 2.56. The minimum atomic E-state index is 0.239. The summed E-state index contributed by atoms with van der Waals surface area (Å²) >= 11 is 0.